The summed E-state index contributed by atoms with van der Waals surface area (Å²) in [5.41, 5.74) is 5.64. The van der Waals surface area contributed by atoms with Crippen LogP contribution in [0.15, 0.2) is 0 Å². The van der Waals surface area contributed by atoms with Gasteiger partial charge in [-0.25, -0.2) is 0 Å². The lowest BCUT2D eigenvalue weighted by Gasteiger charge is -2.28. The Bertz CT molecular complexity index is 537. The number of rotatable bonds is 34. The molecule has 0 spiro atoms. The predicted octanol–water partition coefficient (Wildman–Crippen LogP) is 10.6. The molecule has 0 rings (SSSR count). The molecule has 0 bridgehead atoms. The summed E-state index contributed by atoms with van der Waals surface area (Å²) < 4.78 is 0. The zero-order valence-corrected chi connectivity index (χ0v) is 27.8. The second-order valence-electron chi connectivity index (χ2n) is 12.7. The molecule has 0 aliphatic rings. The van der Waals surface area contributed by atoms with Crippen molar-refractivity contribution in [2.75, 3.05) is 13.1 Å². The van der Waals surface area contributed by atoms with Crippen LogP contribution in [-0.4, -0.2) is 41.0 Å². The quantitative estimate of drug-likeness (QED) is 0.0741. The summed E-state index contributed by atoms with van der Waals surface area (Å²) in [5.74, 6) is -1.44. The first kappa shape index (κ1) is 39.9. The first-order valence-corrected chi connectivity index (χ1v) is 18.3. The molecule has 1 amide bonds. The number of carbonyl (C=O) groups is 2. The van der Waals surface area contributed by atoms with Gasteiger partial charge in [-0.1, -0.05) is 181 Å². The summed E-state index contributed by atoms with van der Waals surface area (Å²) in [5, 5.41) is 9.34. The standard InChI is InChI=1S/C36H72N2O3/c1-3-5-7-9-11-13-15-17-19-21-23-25-27-29-31-38(34(36(37)41)33-35(39)40)32-30-28-26-24-22-20-18-16-14-12-10-8-6-4-2/h34H,3-33H2,1-2H3,(H2,37,41)(H,39,40)/t34-/m0/s1. The molecule has 0 saturated heterocycles. The molecular formula is C36H72N2O3. The third kappa shape index (κ3) is 28.8. The fourth-order valence-corrected chi connectivity index (χ4v) is 6.02. The van der Waals surface area contributed by atoms with Crippen LogP contribution in [0.5, 0.6) is 0 Å². The number of aliphatic carboxylic acids is 1. The zero-order chi connectivity index (χ0) is 30.2. The molecule has 0 aromatic heterocycles. The van der Waals surface area contributed by atoms with E-state index in [9.17, 15) is 14.7 Å². The van der Waals surface area contributed by atoms with Gasteiger partial charge in [-0.15, -0.1) is 0 Å². The highest BCUT2D eigenvalue weighted by molar-refractivity contribution is 5.84. The van der Waals surface area contributed by atoms with Gasteiger partial charge in [0.15, 0.2) is 0 Å². The number of nitrogens with two attached hydrogens (primary N) is 1. The van der Waals surface area contributed by atoms with Gasteiger partial charge in [-0.3, -0.25) is 14.5 Å². The molecule has 0 unspecified atom stereocenters. The molecule has 41 heavy (non-hydrogen) atoms. The molecule has 244 valence electrons. The number of carboxylic acids is 1. The van der Waals surface area contributed by atoms with Gasteiger partial charge in [0.05, 0.1) is 12.5 Å². The average molecular weight is 581 g/mol. The molecule has 0 radical (unpaired) electrons. The van der Waals surface area contributed by atoms with E-state index in [4.69, 9.17) is 5.73 Å². The van der Waals surface area contributed by atoms with Crippen molar-refractivity contribution in [3.05, 3.63) is 0 Å². The topological polar surface area (TPSA) is 83.6 Å². The van der Waals surface area contributed by atoms with Gasteiger partial charge in [0.1, 0.15) is 0 Å². The molecule has 0 aliphatic carbocycles. The highest BCUT2D eigenvalue weighted by atomic mass is 16.4. The van der Waals surface area contributed by atoms with Gasteiger partial charge in [0.2, 0.25) is 5.91 Å². The summed E-state index contributed by atoms with van der Waals surface area (Å²) in [7, 11) is 0. The monoisotopic (exact) mass is 581 g/mol. The maximum atomic E-state index is 12.1. The van der Waals surface area contributed by atoms with Gasteiger partial charge >= 0.3 is 5.97 Å². The number of hydrogen-bond donors (Lipinski definition) is 2. The second-order valence-corrected chi connectivity index (χ2v) is 12.7. The van der Waals surface area contributed by atoms with Crippen LogP contribution in [0.3, 0.4) is 0 Å². The molecule has 0 saturated carbocycles. The van der Waals surface area contributed by atoms with Crippen LogP contribution in [0.1, 0.15) is 200 Å². The number of carbonyl (C=O) groups excluding carboxylic acids is 1. The summed E-state index contributed by atoms with van der Waals surface area (Å²) in [6.45, 7) is 6.10. The zero-order valence-electron chi connectivity index (χ0n) is 27.8. The number of nitrogens with zero attached hydrogens (tertiary/aromatic N) is 1. The Morgan fingerprint density at radius 1 is 0.488 bits per heavy atom. The Kier molecular flexibility index (Phi) is 31.0. The van der Waals surface area contributed by atoms with E-state index in [1.807, 2.05) is 0 Å². The molecule has 0 heterocycles. The Morgan fingerprint density at radius 2 is 0.732 bits per heavy atom. The van der Waals surface area contributed by atoms with Crippen LogP contribution in [0.2, 0.25) is 0 Å². The first-order valence-electron chi connectivity index (χ1n) is 18.3. The smallest absolute Gasteiger partial charge is 0.305 e. The summed E-state index contributed by atoms with van der Waals surface area (Å²) in [6, 6.07) is -0.684. The lowest BCUT2D eigenvalue weighted by atomic mass is 10.0. The number of hydrogen-bond acceptors (Lipinski definition) is 3. The molecule has 3 N–H and O–H groups in total. The van der Waals surface area contributed by atoms with E-state index in [2.05, 4.69) is 18.7 Å². The van der Waals surface area contributed by atoms with Gasteiger partial charge in [0, 0.05) is 0 Å². The number of amides is 1. The van der Waals surface area contributed by atoms with Crippen LogP contribution in [0.4, 0.5) is 0 Å². The van der Waals surface area contributed by atoms with Crippen LogP contribution in [-0.2, 0) is 9.59 Å². The lowest BCUT2D eigenvalue weighted by molar-refractivity contribution is -0.141. The minimum absolute atomic E-state index is 0.188. The Morgan fingerprint density at radius 3 is 0.951 bits per heavy atom. The van der Waals surface area contributed by atoms with Crippen molar-refractivity contribution in [1.82, 2.24) is 4.90 Å². The average Bonchev–Trinajstić information content (AvgIpc) is 2.95. The highest BCUT2D eigenvalue weighted by Gasteiger charge is 2.25. The van der Waals surface area contributed by atoms with Crippen molar-refractivity contribution in [1.29, 1.82) is 0 Å². The van der Waals surface area contributed by atoms with Crippen LogP contribution in [0, 0.1) is 0 Å². The van der Waals surface area contributed by atoms with Crippen molar-refractivity contribution >= 4 is 11.9 Å². The minimum Gasteiger partial charge on any atom is -0.481 e. The number of carboxylic acid groups (broad SMARTS) is 1. The Labute approximate surface area is 256 Å². The molecule has 5 nitrogen and oxygen atoms in total. The van der Waals surface area contributed by atoms with Crippen molar-refractivity contribution in [2.24, 2.45) is 5.73 Å². The molecule has 0 aromatic rings. The molecule has 0 aliphatic heterocycles. The van der Waals surface area contributed by atoms with Crippen LogP contribution < -0.4 is 5.73 Å². The third-order valence-electron chi connectivity index (χ3n) is 8.73. The van der Waals surface area contributed by atoms with Gasteiger partial charge in [0.25, 0.3) is 0 Å². The predicted molar refractivity (Wildman–Crippen MR) is 177 cm³/mol. The number of primary amides is 1. The van der Waals surface area contributed by atoms with E-state index in [1.165, 1.54) is 154 Å². The lowest BCUT2D eigenvalue weighted by Crippen LogP contribution is -2.46. The molecule has 5 heteroatoms. The summed E-state index contributed by atoms with van der Waals surface area (Å²) in [4.78, 5) is 25.5. The second kappa shape index (κ2) is 31.8. The van der Waals surface area contributed by atoms with Gasteiger partial charge < -0.3 is 10.8 Å². The fourth-order valence-electron chi connectivity index (χ4n) is 6.02. The van der Waals surface area contributed by atoms with Gasteiger partial charge in [-0.05, 0) is 25.9 Å². The van der Waals surface area contributed by atoms with E-state index in [-0.39, 0.29) is 6.42 Å². The summed E-state index contributed by atoms with van der Waals surface area (Å²) in [6.07, 6.45) is 36.7. The fraction of sp³-hybridized carbons (Fsp3) is 0.944. The molecular weight excluding hydrogens is 508 g/mol. The van der Waals surface area contributed by atoms with Crippen molar-refractivity contribution in [3.63, 3.8) is 0 Å². The van der Waals surface area contributed by atoms with Crippen LogP contribution >= 0.6 is 0 Å². The van der Waals surface area contributed by atoms with E-state index >= 15 is 0 Å². The Hall–Kier alpha value is -1.10. The van der Waals surface area contributed by atoms with Gasteiger partial charge in [-0.2, -0.15) is 0 Å². The molecule has 0 fully saturated rings. The SMILES string of the molecule is CCCCCCCCCCCCCCCCN(CCCCCCCCCCCCCCCC)[C@@H](CC(=O)O)C(N)=O. The maximum Gasteiger partial charge on any atom is 0.305 e. The van der Waals surface area contributed by atoms with E-state index < -0.39 is 17.9 Å². The van der Waals surface area contributed by atoms with E-state index in [1.54, 1.807) is 0 Å². The van der Waals surface area contributed by atoms with Crippen molar-refractivity contribution in [2.45, 2.75) is 206 Å². The molecule has 1 atom stereocenters. The van der Waals surface area contributed by atoms with Crippen molar-refractivity contribution < 1.29 is 14.7 Å². The third-order valence-corrected chi connectivity index (χ3v) is 8.73. The normalized spacial score (nSPS) is 12.3. The number of unbranched alkanes of at least 4 members (excludes halogenated alkanes) is 26. The minimum atomic E-state index is -0.944. The van der Waals surface area contributed by atoms with E-state index in [0.29, 0.717) is 0 Å². The largest absolute Gasteiger partial charge is 0.481 e. The van der Waals surface area contributed by atoms with Crippen LogP contribution in [0.25, 0.3) is 0 Å². The summed E-state index contributed by atoms with van der Waals surface area (Å²) >= 11 is 0. The highest BCUT2D eigenvalue weighted by Crippen LogP contribution is 2.16. The molecule has 0 aromatic carbocycles. The van der Waals surface area contributed by atoms with E-state index in [0.717, 1.165) is 38.8 Å². The maximum absolute atomic E-state index is 12.1. The first-order chi connectivity index (χ1) is 20.0. The Balaban J connectivity index is 3.98. The van der Waals surface area contributed by atoms with Crippen molar-refractivity contribution in [3.8, 4) is 0 Å².